The molecule has 0 amide bonds. The van der Waals surface area contributed by atoms with Crippen molar-refractivity contribution in [1.29, 1.82) is 0 Å². The highest BCUT2D eigenvalue weighted by molar-refractivity contribution is 6.30. The fourth-order valence-corrected chi connectivity index (χ4v) is 1.97. The van der Waals surface area contributed by atoms with Crippen LogP contribution in [0.4, 0.5) is 0 Å². The van der Waals surface area contributed by atoms with Gasteiger partial charge >= 0.3 is 5.69 Å². The topological polar surface area (TPSA) is 73.3 Å². The summed E-state index contributed by atoms with van der Waals surface area (Å²) in [6, 6.07) is 0. The Kier molecular flexibility index (Phi) is 4.57. The Hall–Kier alpha value is -1.11. The van der Waals surface area contributed by atoms with E-state index in [-0.39, 0.29) is 11.1 Å². The van der Waals surface area contributed by atoms with Crippen LogP contribution in [0.3, 0.4) is 0 Å². The Morgan fingerprint density at radius 1 is 1.56 bits per heavy atom. The number of H-pyrrole nitrogens is 1. The molecule has 1 aliphatic rings. The molecule has 7 heteroatoms. The third-order valence-electron chi connectivity index (χ3n) is 2.77. The first-order valence-corrected chi connectivity index (χ1v) is 6.23. The third kappa shape index (κ3) is 3.44. The van der Waals surface area contributed by atoms with Gasteiger partial charge in [0.05, 0.1) is 25.9 Å². The quantitative estimate of drug-likeness (QED) is 0.788. The Morgan fingerprint density at radius 2 is 2.39 bits per heavy atom. The highest BCUT2D eigenvalue weighted by Crippen LogP contribution is 2.11. The standard InChI is InChI=1S/C11H15ClN2O4/c12-9-6-14(11(16)13-10(9)15)3-5-17-7-8-2-1-4-18-8/h6,8H,1-5,7H2,(H,13,15,16)/t8-/m0/s1. The van der Waals surface area contributed by atoms with Gasteiger partial charge in [-0.25, -0.2) is 4.79 Å². The summed E-state index contributed by atoms with van der Waals surface area (Å²) in [6.45, 7) is 2.05. The first kappa shape index (κ1) is 13.3. The van der Waals surface area contributed by atoms with E-state index in [9.17, 15) is 9.59 Å². The average molecular weight is 275 g/mol. The van der Waals surface area contributed by atoms with Gasteiger partial charge in [0.1, 0.15) is 5.02 Å². The van der Waals surface area contributed by atoms with E-state index in [2.05, 4.69) is 4.98 Å². The zero-order valence-corrected chi connectivity index (χ0v) is 10.6. The lowest BCUT2D eigenvalue weighted by Crippen LogP contribution is -2.31. The molecule has 6 nitrogen and oxygen atoms in total. The number of halogens is 1. The van der Waals surface area contributed by atoms with Crippen molar-refractivity contribution in [3.63, 3.8) is 0 Å². The van der Waals surface area contributed by atoms with Crippen molar-refractivity contribution in [1.82, 2.24) is 9.55 Å². The predicted octanol–water partition coefficient (Wildman–Crippen LogP) is 0.386. The van der Waals surface area contributed by atoms with E-state index < -0.39 is 11.2 Å². The summed E-state index contributed by atoms with van der Waals surface area (Å²) in [5.41, 5.74) is -1.05. The van der Waals surface area contributed by atoms with E-state index in [1.807, 2.05) is 0 Å². The van der Waals surface area contributed by atoms with Crippen molar-refractivity contribution in [2.45, 2.75) is 25.5 Å². The molecule has 1 saturated heterocycles. The third-order valence-corrected chi connectivity index (χ3v) is 3.04. The van der Waals surface area contributed by atoms with Crippen molar-refractivity contribution in [3.05, 3.63) is 32.1 Å². The highest BCUT2D eigenvalue weighted by Gasteiger charge is 2.15. The minimum atomic E-state index is -0.571. The molecule has 0 unspecified atom stereocenters. The van der Waals surface area contributed by atoms with Gasteiger partial charge in [-0.15, -0.1) is 0 Å². The Morgan fingerprint density at radius 3 is 3.11 bits per heavy atom. The smallest absolute Gasteiger partial charge is 0.328 e. The van der Waals surface area contributed by atoms with Crippen LogP contribution in [-0.2, 0) is 16.0 Å². The number of hydrogen-bond acceptors (Lipinski definition) is 4. The van der Waals surface area contributed by atoms with Crippen molar-refractivity contribution < 1.29 is 9.47 Å². The van der Waals surface area contributed by atoms with Gasteiger partial charge in [0, 0.05) is 12.8 Å². The normalized spacial score (nSPS) is 19.3. The van der Waals surface area contributed by atoms with E-state index in [0.29, 0.717) is 19.8 Å². The van der Waals surface area contributed by atoms with Crippen LogP contribution in [0.1, 0.15) is 12.8 Å². The molecule has 0 aromatic carbocycles. The predicted molar refractivity (Wildman–Crippen MR) is 66.1 cm³/mol. The maximum absolute atomic E-state index is 11.4. The van der Waals surface area contributed by atoms with Crippen LogP contribution >= 0.6 is 11.6 Å². The summed E-state index contributed by atoms with van der Waals surface area (Å²) in [7, 11) is 0. The number of hydrogen-bond donors (Lipinski definition) is 1. The minimum absolute atomic E-state index is 0.00581. The fourth-order valence-electron chi connectivity index (χ4n) is 1.80. The van der Waals surface area contributed by atoms with Gasteiger partial charge < -0.3 is 9.47 Å². The molecule has 0 aliphatic carbocycles. The largest absolute Gasteiger partial charge is 0.377 e. The summed E-state index contributed by atoms with van der Waals surface area (Å²) in [6.07, 6.45) is 3.58. The molecule has 2 rings (SSSR count). The van der Waals surface area contributed by atoms with Crippen molar-refractivity contribution in [2.24, 2.45) is 0 Å². The maximum atomic E-state index is 11.4. The van der Waals surface area contributed by atoms with E-state index in [4.69, 9.17) is 21.1 Å². The van der Waals surface area contributed by atoms with Crippen LogP contribution in [0.5, 0.6) is 0 Å². The summed E-state index contributed by atoms with van der Waals surface area (Å²) in [5.74, 6) is 0. The molecule has 1 aromatic heterocycles. The Balaban J connectivity index is 1.81. The molecule has 1 fully saturated rings. The van der Waals surface area contributed by atoms with Crippen molar-refractivity contribution in [3.8, 4) is 0 Å². The zero-order valence-electron chi connectivity index (χ0n) is 9.86. The average Bonchev–Trinajstić information content (AvgIpc) is 2.84. The van der Waals surface area contributed by atoms with Crippen LogP contribution < -0.4 is 11.2 Å². The molecule has 1 aromatic rings. The van der Waals surface area contributed by atoms with Gasteiger partial charge in [0.2, 0.25) is 0 Å². The lowest BCUT2D eigenvalue weighted by atomic mass is 10.2. The molecular formula is C11H15ClN2O4. The summed E-state index contributed by atoms with van der Waals surface area (Å²) < 4.78 is 12.1. The van der Waals surface area contributed by atoms with E-state index in [0.717, 1.165) is 19.4 Å². The second-order valence-corrected chi connectivity index (χ2v) is 4.55. The van der Waals surface area contributed by atoms with Gasteiger partial charge in [0.25, 0.3) is 5.56 Å². The van der Waals surface area contributed by atoms with Crippen LogP contribution in [-0.4, -0.2) is 35.5 Å². The fraction of sp³-hybridized carbons (Fsp3) is 0.636. The number of aromatic amines is 1. The summed E-state index contributed by atoms with van der Waals surface area (Å²) in [4.78, 5) is 24.6. The first-order chi connectivity index (χ1) is 8.66. The Labute approximate surface area is 108 Å². The van der Waals surface area contributed by atoms with Crippen LogP contribution in [0.15, 0.2) is 15.8 Å². The van der Waals surface area contributed by atoms with Crippen LogP contribution in [0.2, 0.25) is 5.02 Å². The van der Waals surface area contributed by atoms with E-state index in [1.165, 1.54) is 10.8 Å². The SMILES string of the molecule is O=c1[nH]c(=O)n(CCOC[C@@H]2CCCO2)cc1Cl. The molecule has 0 spiro atoms. The number of ether oxygens (including phenoxy) is 2. The van der Waals surface area contributed by atoms with E-state index in [1.54, 1.807) is 0 Å². The minimum Gasteiger partial charge on any atom is -0.377 e. The van der Waals surface area contributed by atoms with Crippen molar-refractivity contribution >= 4 is 11.6 Å². The van der Waals surface area contributed by atoms with Gasteiger partial charge in [-0.2, -0.15) is 0 Å². The molecule has 18 heavy (non-hydrogen) atoms. The molecular weight excluding hydrogens is 260 g/mol. The van der Waals surface area contributed by atoms with Gasteiger partial charge in [0.15, 0.2) is 0 Å². The molecule has 100 valence electrons. The zero-order chi connectivity index (χ0) is 13.0. The number of rotatable bonds is 5. The van der Waals surface area contributed by atoms with Crippen LogP contribution in [0.25, 0.3) is 0 Å². The second-order valence-electron chi connectivity index (χ2n) is 4.14. The second kappa shape index (κ2) is 6.17. The number of nitrogens with one attached hydrogen (secondary N) is 1. The highest BCUT2D eigenvalue weighted by atomic mass is 35.5. The monoisotopic (exact) mass is 274 g/mol. The summed E-state index contributed by atoms with van der Waals surface area (Å²) in [5, 5.41) is -0.00581. The molecule has 0 bridgehead atoms. The maximum Gasteiger partial charge on any atom is 0.328 e. The Bertz CT molecular complexity index is 505. The van der Waals surface area contributed by atoms with Gasteiger partial charge in [-0.1, -0.05) is 11.6 Å². The number of nitrogens with zero attached hydrogens (tertiary/aromatic N) is 1. The van der Waals surface area contributed by atoms with Crippen molar-refractivity contribution in [2.75, 3.05) is 19.8 Å². The molecule has 0 radical (unpaired) electrons. The molecule has 1 aliphatic heterocycles. The van der Waals surface area contributed by atoms with Crippen LogP contribution in [0, 0.1) is 0 Å². The molecule has 1 N–H and O–H groups in total. The molecule has 2 heterocycles. The van der Waals surface area contributed by atoms with E-state index >= 15 is 0 Å². The lowest BCUT2D eigenvalue weighted by Gasteiger charge is -2.10. The molecule has 1 atom stereocenters. The van der Waals surface area contributed by atoms with Gasteiger partial charge in [-0.3, -0.25) is 14.3 Å². The summed E-state index contributed by atoms with van der Waals surface area (Å²) >= 11 is 5.64. The number of aromatic nitrogens is 2. The lowest BCUT2D eigenvalue weighted by molar-refractivity contribution is 0.0146. The molecule has 0 saturated carbocycles. The van der Waals surface area contributed by atoms with Gasteiger partial charge in [-0.05, 0) is 12.8 Å². The first-order valence-electron chi connectivity index (χ1n) is 5.85.